The minimum atomic E-state index is -0.383. The molecule has 0 bridgehead atoms. The molecule has 0 N–H and O–H groups in total. The quantitative estimate of drug-likeness (QED) is 0.681. The Hall–Kier alpha value is -2.64. The number of fused-ring (bicyclic) bond motifs is 2. The topological polar surface area (TPSA) is 40.2 Å². The van der Waals surface area contributed by atoms with Gasteiger partial charge >= 0.3 is 0 Å². The number of nitriles is 1. The van der Waals surface area contributed by atoms with Gasteiger partial charge in [-0.3, -0.25) is 0 Å². The third-order valence-electron chi connectivity index (χ3n) is 4.58. The summed E-state index contributed by atoms with van der Waals surface area (Å²) >= 11 is 0. The van der Waals surface area contributed by atoms with Crippen molar-refractivity contribution in [3.05, 3.63) is 70.7 Å². The fourth-order valence-electron chi connectivity index (χ4n) is 3.44. The molecule has 4 rings (SSSR count). The predicted octanol–water partition coefficient (Wildman–Crippen LogP) is 4.02. The van der Waals surface area contributed by atoms with Crippen LogP contribution in [0.4, 0.5) is 4.39 Å². The molecule has 0 radical (unpaired) electrons. The van der Waals surface area contributed by atoms with E-state index in [1.54, 1.807) is 12.3 Å². The molecule has 1 aliphatic rings. The van der Waals surface area contributed by atoms with E-state index in [1.165, 1.54) is 0 Å². The number of furan rings is 1. The van der Waals surface area contributed by atoms with E-state index >= 15 is 0 Å². The van der Waals surface area contributed by atoms with Gasteiger partial charge in [0.25, 0.3) is 0 Å². The lowest BCUT2D eigenvalue weighted by atomic mass is 9.83. The van der Waals surface area contributed by atoms with Crippen LogP contribution in [0.5, 0.6) is 0 Å². The second kappa shape index (κ2) is 5.22. The molecule has 1 aliphatic heterocycles. The Labute approximate surface area is 133 Å². The van der Waals surface area contributed by atoms with Gasteiger partial charge in [0.05, 0.1) is 11.8 Å². The molecular formula is C19H15FN2O. The van der Waals surface area contributed by atoms with Crippen LogP contribution in [0.2, 0.25) is 0 Å². The van der Waals surface area contributed by atoms with Crippen molar-refractivity contribution in [2.75, 3.05) is 13.6 Å². The van der Waals surface area contributed by atoms with Crippen LogP contribution in [0.1, 0.15) is 28.2 Å². The minimum absolute atomic E-state index is 0.0882. The van der Waals surface area contributed by atoms with Crippen LogP contribution < -0.4 is 0 Å². The highest BCUT2D eigenvalue weighted by molar-refractivity contribution is 5.78. The highest BCUT2D eigenvalue weighted by Gasteiger charge is 2.28. The highest BCUT2D eigenvalue weighted by atomic mass is 19.1. The monoisotopic (exact) mass is 306 g/mol. The summed E-state index contributed by atoms with van der Waals surface area (Å²) in [5, 5.41) is 10.1. The van der Waals surface area contributed by atoms with E-state index in [9.17, 15) is 4.39 Å². The van der Waals surface area contributed by atoms with Gasteiger partial charge < -0.3 is 9.32 Å². The van der Waals surface area contributed by atoms with Crippen molar-refractivity contribution in [1.82, 2.24) is 4.90 Å². The van der Waals surface area contributed by atoms with Crippen molar-refractivity contribution in [2.24, 2.45) is 0 Å². The first-order chi connectivity index (χ1) is 11.2. The van der Waals surface area contributed by atoms with Gasteiger partial charge in [-0.25, -0.2) is 4.39 Å². The van der Waals surface area contributed by atoms with E-state index in [0.717, 1.165) is 28.6 Å². The molecule has 0 saturated carbocycles. The van der Waals surface area contributed by atoms with Crippen LogP contribution in [0.3, 0.4) is 0 Å². The maximum Gasteiger partial charge on any atom is 0.145 e. The first-order valence-corrected chi connectivity index (χ1v) is 7.54. The zero-order valence-corrected chi connectivity index (χ0v) is 12.7. The number of hydrogen-bond acceptors (Lipinski definition) is 3. The molecule has 1 unspecified atom stereocenters. The van der Waals surface area contributed by atoms with Gasteiger partial charge in [0.1, 0.15) is 17.5 Å². The van der Waals surface area contributed by atoms with E-state index < -0.39 is 0 Å². The molecule has 0 amide bonds. The van der Waals surface area contributed by atoms with Gasteiger partial charge in [-0.2, -0.15) is 5.26 Å². The van der Waals surface area contributed by atoms with Crippen molar-refractivity contribution in [3.8, 4) is 6.07 Å². The Bertz CT molecular complexity index is 938. The van der Waals surface area contributed by atoms with E-state index in [2.05, 4.69) is 11.0 Å². The first kappa shape index (κ1) is 14.0. The van der Waals surface area contributed by atoms with Crippen molar-refractivity contribution in [1.29, 1.82) is 5.26 Å². The number of likely N-dealkylation sites (N-methyl/N-ethyl adjacent to an activating group) is 1. The van der Waals surface area contributed by atoms with Crippen LogP contribution in [-0.2, 0) is 6.54 Å². The maximum atomic E-state index is 14.6. The smallest absolute Gasteiger partial charge is 0.145 e. The molecule has 3 nitrogen and oxygen atoms in total. The summed E-state index contributed by atoms with van der Waals surface area (Å²) < 4.78 is 19.9. The van der Waals surface area contributed by atoms with E-state index in [0.29, 0.717) is 12.1 Å². The molecule has 2 heterocycles. The van der Waals surface area contributed by atoms with Gasteiger partial charge in [0.15, 0.2) is 0 Å². The SMILES string of the molecule is CN1Cc2c(ccc(C#N)c2F)C(c2ccc3occc3c2)C1. The maximum absolute atomic E-state index is 14.6. The second-order valence-corrected chi connectivity index (χ2v) is 6.07. The van der Waals surface area contributed by atoms with E-state index in [-0.39, 0.29) is 17.3 Å². The van der Waals surface area contributed by atoms with Gasteiger partial charge in [-0.05, 0) is 42.4 Å². The normalized spacial score (nSPS) is 17.9. The predicted molar refractivity (Wildman–Crippen MR) is 85.5 cm³/mol. The molecule has 1 atom stereocenters. The Morgan fingerprint density at radius 2 is 2.13 bits per heavy atom. The molecule has 2 aromatic carbocycles. The molecule has 114 valence electrons. The molecule has 23 heavy (non-hydrogen) atoms. The summed E-state index contributed by atoms with van der Waals surface area (Å²) in [4.78, 5) is 2.09. The Morgan fingerprint density at radius 1 is 1.26 bits per heavy atom. The third-order valence-corrected chi connectivity index (χ3v) is 4.58. The number of hydrogen-bond donors (Lipinski definition) is 0. The van der Waals surface area contributed by atoms with Crippen molar-refractivity contribution < 1.29 is 8.81 Å². The fourth-order valence-corrected chi connectivity index (χ4v) is 3.44. The van der Waals surface area contributed by atoms with Crippen LogP contribution in [0, 0.1) is 17.1 Å². The molecular weight excluding hydrogens is 291 g/mol. The highest BCUT2D eigenvalue weighted by Crippen LogP contribution is 2.36. The molecule has 4 heteroatoms. The summed E-state index contributed by atoms with van der Waals surface area (Å²) in [6, 6.07) is 13.4. The Balaban J connectivity index is 1.87. The fraction of sp³-hybridized carbons (Fsp3) is 0.211. The molecule has 3 aromatic rings. The molecule has 0 saturated heterocycles. The lowest BCUT2D eigenvalue weighted by Crippen LogP contribution is -2.32. The second-order valence-electron chi connectivity index (χ2n) is 6.07. The lowest BCUT2D eigenvalue weighted by Gasteiger charge is -2.33. The summed E-state index contributed by atoms with van der Waals surface area (Å²) in [5.41, 5.74) is 3.71. The molecule has 1 aromatic heterocycles. The van der Waals surface area contributed by atoms with Crippen LogP contribution in [0.15, 0.2) is 47.1 Å². The van der Waals surface area contributed by atoms with E-state index in [4.69, 9.17) is 9.68 Å². The Morgan fingerprint density at radius 3 is 2.96 bits per heavy atom. The van der Waals surface area contributed by atoms with Gasteiger partial charge in [0, 0.05) is 30.0 Å². The van der Waals surface area contributed by atoms with Crippen LogP contribution in [0.25, 0.3) is 11.0 Å². The van der Waals surface area contributed by atoms with Crippen LogP contribution in [-0.4, -0.2) is 18.5 Å². The summed E-state index contributed by atoms with van der Waals surface area (Å²) in [6.07, 6.45) is 1.67. The standard InChI is InChI=1S/C19H15FN2O/c1-22-10-16(12-3-5-18-13(8-12)6-7-23-18)15-4-2-14(9-21)19(20)17(15)11-22/h2-8,16H,10-11H2,1H3. The van der Waals surface area contributed by atoms with Crippen molar-refractivity contribution >= 4 is 11.0 Å². The van der Waals surface area contributed by atoms with E-state index in [1.807, 2.05) is 37.4 Å². The van der Waals surface area contributed by atoms with Crippen molar-refractivity contribution in [2.45, 2.75) is 12.5 Å². The number of rotatable bonds is 1. The average molecular weight is 306 g/mol. The number of halogens is 1. The minimum Gasteiger partial charge on any atom is -0.464 e. The zero-order chi connectivity index (χ0) is 16.0. The number of benzene rings is 2. The molecule has 0 aliphatic carbocycles. The summed E-state index contributed by atoms with van der Waals surface area (Å²) in [5.74, 6) is -0.295. The van der Waals surface area contributed by atoms with Crippen LogP contribution >= 0.6 is 0 Å². The van der Waals surface area contributed by atoms with Gasteiger partial charge in [-0.1, -0.05) is 12.1 Å². The largest absolute Gasteiger partial charge is 0.464 e. The summed E-state index contributed by atoms with van der Waals surface area (Å²) in [7, 11) is 1.98. The van der Waals surface area contributed by atoms with Gasteiger partial charge in [-0.15, -0.1) is 0 Å². The average Bonchev–Trinajstić information content (AvgIpc) is 3.02. The van der Waals surface area contributed by atoms with Gasteiger partial charge in [0.2, 0.25) is 0 Å². The Kier molecular flexibility index (Phi) is 3.17. The first-order valence-electron chi connectivity index (χ1n) is 7.54. The summed E-state index contributed by atoms with van der Waals surface area (Å²) in [6.45, 7) is 1.35. The third kappa shape index (κ3) is 2.21. The van der Waals surface area contributed by atoms with Crippen molar-refractivity contribution in [3.63, 3.8) is 0 Å². The zero-order valence-electron chi connectivity index (χ0n) is 12.7. The number of nitrogens with zero attached hydrogens (tertiary/aromatic N) is 2. The molecule has 0 fully saturated rings. The molecule has 0 spiro atoms. The lowest BCUT2D eigenvalue weighted by molar-refractivity contribution is 0.288.